The van der Waals surface area contributed by atoms with Crippen LogP contribution in [-0.4, -0.2) is 23.2 Å². The van der Waals surface area contributed by atoms with E-state index < -0.39 is 17.6 Å². The summed E-state index contributed by atoms with van der Waals surface area (Å²) in [5, 5.41) is 0. The number of aromatic nitrogens is 1. The highest BCUT2D eigenvalue weighted by atomic mass is 32.1. The van der Waals surface area contributed by atoms with Crippen molar-refractivity contribution in [2.75, 3.05) is 6.61 Å². The van der Waals surface area contributed by atoms with Crippen LogP contribution in [0.2, 0.25) is 0 Å². The molecule has 0 radical (unpaired) electrons. The topological polar surface area (TPSA) is 43.6 Å². The summed E-state index contributed by atoms with van der Waals surface area (Å²) in [6.07, 6.45) is -0.0934. The molecule has 1 aromatic heterocycles. The number of rotatable bonds is 4. The van der Waals surface area contributed by atoms with Crippen LogP contribution in [0, 0.1) is 0 Å². The standard InChI is InChI=1S/C22H27F3N2O2S/c1-5-14-8-9-15(22(23,24)25)11-17(14)19(28)26-20-27(12-16-7-6-10-29-16)13-18(30-20)21(2,3)4/h8-9,11,13,16H,5-7,10,12H2,1-4H3/t16-/m1/s1. The second kappa shape index (κ2) is 8.67. The fourth-order valence-corrected chi connectivity index (χ4v) is 4.42. The zero-order valence-corrected chi connectivity index (χ0v) is 18.5. The molecule has 0 spiro atoms. The van der Waals surface area contributed by atoms with E-state index in [1.54, 1.807) is 6.92 Å². The molecule has 3 rings (SSSR count). The van der Waals surface area contributed by atoms with E-state index in [0.717, 1.165) is 36.5 Å². The fraction of sp³-hybridized carbons (Fsp3) is 0.545. The summed E-state index contributed by atoms with van der Waals surface area (Å²) < 4.78 is 47.1. The van der Waals surface area contributed by atoms with Crippen LogP contribution in [0.4, 0.5) is 13.2 Å². The number of nitrogens with zero attached hydrogens (tertiary/aromatic N) is 2. The van der Waals surface area contributed by atoms with Crippen LogP contribution in [0.3, 0.4) is 0 Å². The molecule has 0 N–H and O–H groups in total. The number of hydrogen-bond donors (Lipinski definition) is 0. The normalized spacial score (nSPS) is 18.2. The van der Waals surface area contributed by atoms with Crippen LogP contribution in [0.15, 0.2) is 29.4 Å². The average molecular weight is 441 g/mol. The van der Waals surface area contributed by atoms with Crippen molar-refractivity contribution in [3.8, 4) is 0 Å². The smallest absolute Gasteiger partial charge is 0.376 e. The molecule has 0 saturated carbocycles. The number of hydrogen-bond acceptors (Lipinski definition) is 3. The SMILES string of the molecule is CCc1ccc(C(F)(F)F)cc1C(=O)N=c1sc(C(C)(C)C)cn1C[C@H]1CCCO1. The number of ether oxygens (including phenoxy) is 1. The minimum atomic E-state index is -4.51. The Morgan fingerprint density at radius 2 is 2.03 bits per heavy atom. The Kier molecular flexibility index (Phi) is 6.57. The molecule has 1 saturated heterocycles. The fourth-order valence-electron chi connectivity index (χ4n) is 3.36. The van der Waals surface area contributed by atoms with Crippen molar-refractivity contribution in [3.05, 3.63) is 50.8 Å². The number of amides is 1. The lowest BCUT2D eigenvalue weighted by molar-refractivity contribution is -0.137. The Morgan fingerprint density at radius 3 is 2.60 bits per heavy atom. The van der Waals surface area contributed by atoms with Gasteiger partial charge in [-0.3, -0.25) is 4.79 Å². The van der Waals surface area contributed by atoms with Crippen molar-refractivity contribution >= 4 is 17.2 Å². The van der Waals surface area contributed by atoms with Gasteiger partial charge in [-0.2, -0.15) is 18.2 Å². The Hall–Kier alpha value is -1.93. The number of alkyl halides is 3. The van der Waals surface area contributed by atoms with Gasteiger partial charge in [-0.05, 0) is 42.4 Å². The van der Waals surface area contributed by atoms with Crippen molar-refractivity contribution in [1.82, 2.24) is 4.57 Å². The van der Waals surface area contributed by atoms with Crippen LogP contribution in [-0.2, 0) is 29.3 Å². The molecule has 0 aliphatic carbocycles. The van der Waals surface area contributed by atoms with Gasteiger partial charge in [-0.1, -0.05) is 33.8 Å². The van der Waals surface area contributed by atoms with Gasteiger partial charge in [-0.25, -0.2) is 0 Å². The molecule has 0 unspecified atom stereocenters. The Balaban J connectivity index is 2.05. The van der Waals surface area contributed by atoms with Crippen molar-refractivity contribution in [2.24, 2.45) is 4.99 Å². The van der Waals surface area contributed by atoms with E-state index in [2.05, 4.69) is 25.8 Å². The summed E-state index contributed by atoms with van der Waals surface area (Å²) >= 11 is 1.39. The number of carbonyl (C=O) groups excluding carboxylic acids is 1. The minimum Gasteiger partial charge on any atom is -0.376 e. The third-order valence-electron chi connectivity index (χ3n) is 5.13. The van der Waals surface area contributed by atoms with E-state index in [9.17, 15) is 18.0 Å². The summed E-state index contributed by atoms with van der Waals surface area (Å²) in [4.78, 5) is 18.7. The Labute approximate surface area is 178 Å². The third kappa shape index (κ3) is 5.21. The first kappa shape index (κ1) is 22.7. The molecule has 1 aliphatic rings. The van der Waals surface area contributed by atoms with Gasteiger partial charge in [0.05, 0.1) is 18.2 Å². The molecule has 1 aromatic carbocycles. The Morgan fingerprint density at radius 1 is 1.30 bits per heavy atom. The number of halogens is 3. The number of aryl methyl sites for hydroxylation is 1. The molecular weight excluding hydrogens is 413 g/mol. The van der Waals surface area contributed by atoms with Crippen LogP contribution >= 0.6 is 11.3 Å². The summed E-state index contributed by atoms with van der Waals surface area (Å²) in [5.41, 5.74) is -0.423. The molecule has 1 amide bonds. The summed E-state index contributed by atoms with van der Waals surface area (Å²) in [5.74, 6) is -0.652. The van der Waals surface area contributed by atoms with E-state index in [4.69, 9.17) is 4.74 Å². The van der Waals surface area contributed by atoms with Gasteiger partial charge in [0.2, 0.25) is 0 Å². The quantitative estimate of drug-likeness (QED) is 0.643. The van der Waals surface area contributed by atoms with Gasteiger partial charge in [0, 0.05) is 23.2 Å². The van der Waals surface area contributed by atoms with E-state index in [1.807, 2.05) is 10.8 Å². The molecule has 1 aliphatic heterocycles. The van der Waals surface area contributed by atoms with Crippen molar-refractivity contribution in [3.63, 3.8) is 0 Å². The molecular formula is C22H27F3N2O2S. The lowest BCUT2D eigenvalue weighted by Crippen LogP contribution is -2.23. The Bertz CT molecular complexity index is 977. The average Bonchev–Trinajstić information content (AvgIpc) is 3.31. The number of benzene rings is 1. The summed E-state index contributed by atoms with van der Waals surface area (Å²) in [6, 6.07) is 3.28. The maximum Gasteiger partial charge on any atom is 0.416 e. The van der Waals surface area contributed by atoms with Crippen molar-refractivity contribution < 1.29 is 22.7 Å². The predicted molar refractivity (Wildman–Crippen MR) is 111 cm³/mol. The first-order chi connectivity index (χ1) is 14.0. The summed E-state index contributed by atoms with van der Waals surface area (Å²) in [7, 11) is 0. The zero-order valence-electron chi connectivity index (χ0n) is 17.7. The lowest BCUT2D eigenvalue weighted by Gasteiger charge is -2.15. The first-order valence-corrected chi connectivity index (χ1v) is 10.9. The highest BCUT2D eigenvalue weighted by Gasteiger charge is 2.31. The van der Waals surface area contributed by atoms with E-state index >= 15 is 0 Å². The molecule has 1 atom stereocenters. The lowest BCUT2D eigenvalue weighted by atomic mass is 9.95. The van der Waals surface area contributed by atoms with E-state index in [-0.39, 0.29) is 17.1 Å². The maximum atomic E-state index is 13.2. The highest BCUT2D eigenvalue weighted by molar-refractivity contribution is 7.09. The van der Waals surface area contributed by atoms with Crippen LogP contribution in [0.25, 0.3) is 0 Å². The zero-order chi connectivity index (χ0) is 22.1. The van der Waals surface area contributed by atoms with Gasteiger partial charge in [0.15, 0.2) is 4.80 Å². The van der Waals surface area contributed by atoms with Gasteiger partial charge in [-0.15, -0.1) is 11.3 Å². The highest BCUT2D eigenvalue weighted by Crippen LogP contribution is 2.31. The third-order valence-corrected chi connectivity index (χ3v) is 6.58. The molecule has 1 fully saturated rings. The van der Waals surface area contributed by atoms with Gasteiger partial charge < -0.3 is 9.30 Å². The molecule has 8 heteroatoms. The largest absolute Gasteiger partial charge is 0.416 e. The second-order valence-corrected chi connectivity index (χ2v) is 9.56. The maximum absolute atomic E-state index is 13.2. The molecule has 30 heavy (non-hydrogen) atoms. The number of carbonyl (C=O) groups is 1. The monoisotopic (exact) mass is 440 g/mol. The molecule has 4 nitrogen and oxygen atoms in total. The molecule has 0 bridgehead atoms. The second-order valence-electron chi connectivity index (χ2n) is 8.56. The van der Waals surface area contributed by atoms with Gasteiger partial charge in [0.25, 0.3) is 5.91 Å². The predicted octanol–water partition coefficient (Wildman–Crippen LogP) is 5.35. The molecule has 2 heterocycles. The van der Waals surface area contributed by atoms with Gasteiger partial charge in [0.1, 0.15) is 0 Å². The van der Waals surface area contributed by atoms with E-state index in [0.29, 0.717) is 23.3 Å². The van der Waals surface area contributed by atoms with E-state index in [1.165, 1.54) is 17.4 Å². The van der Waals surface area contributed by atoms with Crippen molar-refractivity contribution in [2.45, 2.75) is 71.2 Å². The number of thiazole rings is 1. The van der Waals surface area contributed by atoms with Crippen molar-refractivity contribution in [1.29, 1.82) is 0 Å². The molecule has 2 aromatic rings. The molecule has 164 valence electrons. The van der Waals surface area contributed by atoms with Gasteiger partial charge >= 0.3 is 6.18 Å². The van der Waals surface area contributed by atoms with Crippen LogP contribution in [0.5, 0.6) is 0 Å². The minimum absolute atomic E-state index is 0.00157. The first-order valence-electron chi connectivity index (χ1n) is 10.1. The van der Waals surface area contributed by atoms with Crippen LogP contribution < -0.4 is 4.80 Å². The summed E-state index contributed by atoms with van der Waals surface area (Å²) in [6.45, 7) is 9.31. The van der Waals surface area contributed by atoms with Crippen LogP contribution in [0.1, 0.15) is 66.9 Å².